The molecule has 2 aliphatic rings. The summed E-state index contributed by atoms with van der Waals surface area (Å²) in [5, 5.41) is 3.13. The smallest absolute Gasteiger partial charge is 0.236 e. The predicted molar refractivity (Wildman–Crippen MR) is 78.1 cm³/mol. The lowest BCUT2D eigenvalue weighted by molar-refractivity contribution is -0.138. The molecular weight excluding hydrogens is 238 g/mol. The minimum atomic E-state index is 0.343. The molecule has 1 amide bonds. The zero-order valence-electron chi connectivity index (χ0n) is 12.5. The molecule has 1 heterocycles. The largest absolute Gasteiger partial charge is 0.338 e. The molecule has 1 saturated heterocycles. The van der Waals surface area contributed by atoms with Gasteiger partial charge in [-0.05, 0) is 45.7 Å². The highest BCUT2D eigenvalue weighted by atomic mass is 16.2. The molecule has 19 heavy (non-hydrogen) atoms. The van der Waals surface area contributed by atoms with Crippen molar-refractivity contribution in [2.45, 2.75) is 44.6 Å². The number of rotatable bonds is 5. The molecule has 1 saturated carbocycles. The average Bonchev–Trinajstić information content (AvgIpc) is 2.44. The molecule has 2 unspecified atom stereocenters. The molecule has 0 spiro atoms. The Morgan fingerprint density at radius 3 is 2.79 bits per heavy atom. The van der Waals surface area contributed by atoms with Gasteiger partial charge in [-0.3, -0.25) is 9.69 Å². The summed E-state index contributed by atoms with van der Waals surface area (Å²) in [5.41, 5.74) is 0. The fourth-order valence-electron chi connectivity index (χ4n) is 3.64. The second kappa shape index (κ2) is 7.25. The maximum absolute atomic E-state index is 12.5. The van der Waals surface area contributed by atoms with Crippen molar-refractivity contribution in [3.8, 4) is 0 Å². The molecule has 0 aromatic rings. The number of hydrogen-bond donors (Lipinski definition) is 1. The van der Waals surface area contributed by atoms with Crippen molar-refractivity contribution in [1.29, 1.82) is 0 Å². The molecule has 1 N–H and O–H groups in total. The van der Waals surface area contributed by atoms with Crippen LogP contribution in [0.4, 0.5) is 0 Å². The number of nitrogens with zero attached hydrogens (tertiary/aromatic N) is 2. The number of likely N-dealkylation sites (N-methyl/N-ethyl adjacent to an activating group) is 2. The summed E-state index contributed by atoms with van der Waals surface area (Å²) in [7, 11) is 3.99. The van der Waals surface area contributed by atoms with Crippen molar-refractivity contribution >= 4 is 5.91 Å². The number of carbonyl (C=O) groups is 1. The number of piperidine rings is 1. The molecule has 110 valence electrons. The van der Waals surface area contributed by atoms with Crippen molar-refractivity contribution in [3.05, 3.63) is 0 Å². The van der Waals surface area contributed by atoms with Crippen LogP contribution in [0.25, 0.3) is 0 Å². The summed E-state index contributed by atoms with van der Waals surface area (Å²) >= 11 is 0. The Kier molecular flexibility index (Phi) is 5.64. The first-order valence-electron chi connectivity index (χ1n) is 7.85. The molecule has 1 aliphatic heterocycles. The number of likely N-dealkylation sites (tertiary alicyclic amines) is 1. The molecule has 0 aromatic carbocycles. The second-order valence-electron chi connectivity index (χ2n) is 6.18. The Hall–Kier alpha value is -0.610. The molecular formula is C15H29N3O. The second-order valence-corrected chi connectivity index (χ2v) is 6.18. The van der Waals surface area contributed by atoms with Gasteiger partial charge in [0.2, 0.25) is 5.91 Å². The van der Waals surface area contributed by atoms with Gasteiger partial charge >= 0.3 is 0 Å². The average molecular weight is 267 g/mol. The SMILES string of the molecule is CNCCN(C)CC(=O)N1CCCC2CCCCC21. The Labute approximate surface area is 117 Å². The zero-order valence-corrected chi connectivity index (χ0v) is 12.5. The lowest BCUT2D eigenvalue weighted by Crippen LogP contribution is -2.52. The van der Waals surface area contributed by atoms with Crippen molar-refractivity contribution in [3.63, 3.8) is 0 Å². The third-order valence-electron chi connectivity index (χ3n) is 4.71. The van der Waals surface area contributed by atoms with Gasteiger partial charge in [-0.2, -0.15) is 0 Å². The molecule has 4 heteroatoms. The van der Waals surface area contributed by atoms with Crippen LogP contribution in [0.2, 0.25) is 0 Å². The third-order valence-corrected chi connectivity index (χ3v) is 4.71. The van der Waals surface area contributed by atoms with Crippen LogP contribution in [0.3, 0.4) is 0 Å². The summed E-state index contributed by atoms with van der Waals surface area (Å²) in [6, 6.07) is 0.549. The van der Waals surface area contributed by atoms with E-state index in [1.54, 1.807) is 0 Å². The minimum Gasteiger partial charge on any atom is -0.338 e. The van der Waals surface area contributed by atoms with Gasteiger partial charge in [-0.25, -0.2) is 0 Å². The highest BCUT2D eigenvalue weighted by Crippen LogP contribution is 2.35. The maximum atomic E-state index is 12.5. The van der Waals surface area contributed by atoms with E-state index in [1.165, 1.54) is 38.5 Å². The van der Waals surface area contributed by atoms with Crippen molar-refractivity contribution in [2.24, 2.45) is 5.92 Å². The lowest BCUT2D eigenvalue weighted by atomic mass is 9.78. The molecule has 4 nitrogen and oxygen atoms in total. The van der Waals surface area contributed by atoms with E-state index in [0.717, 1.165) is 25.6 Å². The molecule has 0 bridgehead atoms. The Morgan fingerprint density at radius 2 is 2.00 bits per heavy atom. The van der Waals surface area contributed by atoms with Gasteiger partial charge in [0.1, 0.15) is 0 Å². The van der Waals surface area contributed by atoms with Crippen LogP contribution in [-0.2, 0) is 4.79 Å². The van der Waals surface area contributed by atoms with Crippen LogP contribution in [0.5, 0.6) is 0 Å². The number of nitrogens with one attached hydrogen (secondary N) is 1. The Morgan fingerprint density at radius 1 is 1.26 bits per heavy atom. The van der Waals surface area contributed by atoms with Crippen molar-refractivity contribution in [1.82, 2.24) is 15.1 Å². The van der Waals surface area contributed by atoms with E-state index < -0.39 is 0 Å². The Balaban J connectivity index is 1.86. The first kappa shape index (κ1) is 14.8. The molecule has 0 aromatic heterocycles. The van der Waals surface area contributed by atoms with Gasteiger partial charge in [0.25, 0.3) is 0 Å². The molecule has 2 rings (SSSR count). The lowest BCUT2D eigenvalue weighted by Gasteiger charge is -2.44. The summed E-state index contributed by atoms with van der Waals surface area (Å²) in [6.07, 6.45) is 7.78. The highest BCUT2D eigenvalue weighted by Gasteiger charge is 2.35. The quantitative estimate of drug-likeness (QED) is 0.816. The summed E-state index contributed by atoms with van der Waals surface area (Å²) < 4.78 is 0. The third kappa shape index (κ3) is 3.93. The first-order valence-corrected chi connectivity index (χ1v) is 7.85. The van der Waals surface area contributed by atoms with Gasteiger partial charge < -0.3 is 10.2 Å². The number of amides is 1. The molecule has 1 aliphatic carbocycles. The van der Waals surface area contributed by atoms with Gasteiger partial charge in [0.05, 0.1) is 6.54 Å². The monoisotopic (exact) mass is 267 g/mol. The number of fused-ring (bicyclic) bond motifs is 1. The normalized spacial score (nSPS) is 27.4. The number of carbonyl (C=O) groups excluding carboxylic acids is 1. The predicted octanol–water partition coefficient (Wildman–Crippen LogP) is 1.32. The van der Waals surface area contributed by atoms with Gasteiger partial charge in [0, 0.05) is 25.7 Å². The van der Waals surface area contributed by atoms with Crippen LogP contribution in [0.1, 0.15) is 38.5 Å². The van der Waals surface area contributed by atoms with E-state index in [-0.39, 0.29) is 0 Å². The standard InChI is InChI=1S/C15H29N3O/c1-16-9-11-17(2)12-15(19)18-10-5-7-13-6-3-4-8-14(13)18/h13-14,16H,3-12H2,1-2H3. The van der Waals surface area contributed by atoms with Crippen LogP contribution in [0, 0.1) is 5.92 Å². The van der Waals surface area contributed by atoms with E-state index in [0.29, 0.717) is 18.5 Å². The topological polar surface area (TPSA) is 35.6 Å². The van der Waals surface area contributed by atoms with Gasteiger partial charge in [-0.15, -0.1) is 0 Å². The van der Waals surface area contributed by atoms with E-state index >= 15 is 0 Å². The van der Waals surface area contributed by atoms with Crippen molar-refractivity contribution < 1.29 is 4.79 Å². The summed E-state index contributed by atoms with van der Waals surface area (Å²) in [5.74, 6) is 1.13. The van der Waals surface area contributed by atoms with Crippen LogP contribution >= 0.6 is 0 Å². The zero-order chi connectivity index (χ0) is 13.7. The minimum absolute atomic E-state index is 0.343. The fraction of sp³-hybridized carbons (Fsp3) is 0.933. The van der Waals surface area contributed by atoms with Gasteiger partial charge in [0.15, 0.2) is 0 Å². The highest BCUT2D eigenvalue weighted by molar-refractivity contribution is 5.78. The van der Waals surface area contributed by atoms with E-state index in [9.17, 15) is 4.79 Å². The van der Waals surface area contributed by atoms with Crippen LogP contribution in [-0.4, -0.2) is 62.0 Å². The van der Waals surface area contributed by atoms with Crippen molar-refractivity contribution in [2.75, 3.05) is 40.3 Å². The van der Waals surface area contributed by atoms with Crippen LogP contribution in [0.15, 0.2) is 0 Å². The first-order chi connectivity index (χ1) is 9.22. The Bertz CT molecular complexity index is 293. The van der Waals surface area contributed by atoms with Gasteiger partial charge in [-0.1, -0.05) is 12.8 Å². The number of hydrogen-bond acceptors (Lipinski definition) is 3. The molecule has 2 atom stereocenters. The van der Waals surface area contributed by atoms with E-state index in [4.69, 9.17) is 0 Å². The van der Waals surface area contributed by atoms with E-state index in [1.807, 2.05) is 14.1 Å². The fourth-order valence-corrected chi connectivity index (χ4v) is 3.64. The van der Waals surface area contributed by atoms with E-state index in [2.05, 4.69) is 15.1 Å². The summed E-state index contributed by atoms with van der Waals surface area (Å²) in [4.78, 5) is 16.8. The van der Waals surface area contributed by atoms with Crippen LogP contribution < -0.4 is 5.32 Å². The molecule has 0 radical (unpaired) electrons. The molecule has 2 fully saturated rings. The maximum Gasteiger partial charge on any atom is 0.236 e. The summed E-state index contributed by atoms with van der Waals surface area (Å²) in [6.45, 7) is 3.44.